The Morgan fingerprint density at radius 2 is 1.82 bits per heavy atom. The van der Waals surface area contributed by atoms with Crippen molar-refractivity contribution in [3.63, 3.8) is 0 Å². The number of hydrogen-bond donors (Lipinski definition) is 1. The van der Waals surface area contributed by atoms with Crippen LogP contribution in [0.3, 0.4) is 0 Å². The summed E-state index contributed by atoms with van der Waals surface area (Å²) in [5.74, 6) is 3.58. The van der Waals surface area contributed by atoms with E-state index >= 15 is 0 Å². The SMILES string of the molecule is CC1(C)CC(NCC2CCSCC2)C(C)(C)O1. The standard InChI is InChI=1S/C14H27NOS/c1-13(2)9-12(14(3,4)16-13)15-10-11-5-7-17-8-6-11/h11-12,15H,5-10H2,1-4H3. The van der Waals surface area contributed by atoms with Gasteiger partial charge in [-0.05, 0) is 70.9 Å². The van der Waals surface area contributed by atoms with Gasteiger partial charge in [-0.25, -0.2) is 0 Å². The summed E-state index contributed by atoms with van der Waals surface area (Å²) in [4.78, 5) is 0. The van der Waals surface area contributed by atoms with Crippen LogP contribution in [0.15, 0.2) is 0 Å². The zero-order valence-electron chi connectivity index (χ0n) is 11.7. The van der Waals surface area contributed by atoms with Crippen molar-refractivity contribution < 1.29 is 4.74 Å². The number of rotatable bonds is 3. The highest BCUT2D eigenvalue weighted by atomic mass is 32.2. The van der Waals surface area contributed by atoms with E-state index in [-0.39, 0.29) is 11.2 Å². The average molecular weight is 257 g/mol. The van der Waals surface area contributed by atoms with Crippen molar-refractivity contribution in [2.75, 3.05) is 18.1 Å². The molecule has 2 rings (SSSR count). The Morgan fingerprint density at radius 1 is 1.18 bits per heavy atom. The molecule has 17 heavy (non-hydrogen) atoms. The van der Waals surface area contributed by atoms with Gasteiger partial charge in [-0.2, -0.15) is 11.8 Å². The molecule has 0 aromatic rings. The molecule has 1 atom stereocenters. The number of ether oxygens (including phenoxy) is 1. The second-order valence-electron chi connectivity index (χ2n) is 6.69. The van der Waals surface area contributed by atoms with E-state index in [1.165, 1.54) is 30.9 Å². The molecule has 0 spiro atoms. The Morgan fingerprint density at radius 3 is 2.35 bits per heavy atom. The molecule has 0 amide bonds. The number of hydrogen-bond acceptors (Lipinski definition) is 3. The third-order valence-electron chi connectivity index (χ3n) is 4.07. The molecule has 0 radical (unpaired) electrons. The van der Waals surface area contributed by atoms with E-state index in [4.69, 9.17) is 4.74 Å². The van der Waals surface area contributed by atoms with Crippen LogP contribution in [0.25, 0.3) is 0 Å². The first-order valence-corrected chi connectivity index (χ1v) is 8.06. The van der Waals surface area contributed by atoms with E-state index in [0.717, 1.165) is 12.3 Å². The first-order chi connectivity index (χ1) is 7.89. The molecule has 3 heteroatoms. The molecule has 0 bridgehead atoms. The predicted molar refractivity (Wildman–Crippen MR) is 75.7 cm³/mol. The minimum absolute atomic E-state index is 0.0209. The van der Waals surface area contributed by atoms with Gasteiger partial charge < -0.3 is 10.1 Å². The summed E-state index contributed by atoms with van der Waals surface area (Å²) in [7, 11) is 0. The van der Waals surface area contributed by atoms with Crippen LogP contribution in [0.4, 0.5) is 0 Å². The highest BCUT2D eigenvalue weighted by Crippen LogP contribution is 2.37. The summed E-state index contributed by atoms with van der Waals surface area (Å²) >= 11 is 2.10. The fraction of sp³-hybridized carbons (Fsp3) is 1.00. The molecule has 0 saturated carbocycles. The molecular formula is C14H27NOS. The predicted octanol–water partition coefficient (Wildman–Crippen LogP) is 3.07. The van der Waals surface area contributed by atoms with Gasteiger partial charge in [0.25, 0.3) is 0 Å². The molecule has 0 aliphatic carbocycles. The average Bonchev–Trinajstić information content (AvgIpc) is 2.45. The largest absolute Gasteiger partial charge is 0.368 e. The van der Waals surface area contributed by atoms with Crippen molar-refractivity contribution in [3.8, 4) is 0 Å². The Bertz CT molecular complexity index is 259. The van der Waals surface area contributed by atoms with Crippen molar-refractivity contribution in [2.45, 2.75) is 64.2 Å². The van der Waals surface area contributed by atoms with Gasteiger partial charge in [-0.3, -0.25) is 0 Å². The minimum atomic E-state index is -0.0209. The molecule has 1 N–H and O–H groups in total. The van der Waals surface area contributed by atoms with Crippen LogP contribution >= 0.6 is 11.8 Å². The Labute approximate surface area is 110 Å². The van der Waals surface area contributed by atoms with Crippen molar-refractivity contribution in [2.24, 2.45) is 5.92 Å². The maximum atomic E-state index is 6.12. The van der Waals surface area contributed by atoms with Crippen LogP contribution in [-0.4, -0.2) is 35.3 Å². The van der Waals surface area contributed by atoms with Gasteiger partial charge in [0.2, 0.25) is 0 Å². The summed E-state index contributed by atoms with van der Waals surface area (Å²) in [6, 6.07) is 0.507. The van der Waals surface area contributed by atoms with E-state index in [1.807, 2.05) is 0 Å². The van der Waals surface area contributed by atoms with Crippen LogP contribution in [0.5, 0.6) is 0 Å². The van der Waals surface area contributed by atoms with E-state index in [0.29, 0.717) is 6.04 Å². The van der Waals surface area contributed by atoms with Gasteiger partial charge >= 0.3 is 0 Å². The maximum Gasteiger partial charge on any atom is 0.0787 e. The molecule has 2 nitrogen and oxygen atoms in total. The molecule has 0 aromatic heterocycles. The van der Waals surface area contributed by atoms with E-state index in [9.17, 15) is 0 Å². The fourth-order valence-corrected chi connectivity index (χ4v) is 4.34. The number of thioether (sulfide) groups is 1. The first kappa shape index (κ1) is 13.7. The van der Waals surface area contributed by atoms with Gasteiger partial charge in [0.05, 0.1) is 11.2 Å². The van der Waals surface area contributed by atoms with Gasteiger partial charge in [-0.1, -0.05) is 0 Å². The lowest BCUT2D eigenvalue weighted by Gasteiger charge is -2.30. The Hall–Kier alpha value is 0.270. The molecule has 2 aliphatic heterocycles. The van der Waals surface area contributed by atoms with Crippen LogP contribution in [0.2, 0.25) is 0 Å². The third kappa shape index (κ3) is 3.62. The molecule has 2 saturated heterocycles. The molecule has 2 aliphatic rings. The monoisotopic (exact) mass is 257 g/mol. The van der Waals surface area contributed by atoms with Crippen molar-refractivity contribution in [1.82, 2.24) is 5.32 Å². The highest BCUT2D eigenvalue weighted by molar-refractivity contribution is 7.99. The summed E-state index contributed by atoms with van der Waals surface area (Å²) in [6.45, 7) is 10.0. The summed E-state index contributed by atoms with van der Waals surface area (Å²) < 4.78 is 6.12. The lowest BCUT2D eigenvalue weighted by atomic mass is 9.93. The molecule has 2 heterocycles. The van der Waals surface area contributed by atoms with Gasteiger partial charge in [0.15, 0.2) is 0 Å². The van der Waals surface area contributed by atoms with E-state index < -0.39 is 0 Å². The van der Waals surface area contributed by atoms with Crippen LogP contribution in [-0.2, 0) is 4.74 Å². The Balaban J connectivity index is 1.82. The van der Waals surface area contributed by atoms with Crippen molar-refractivity contribution >= 4 is 11.8 Å². The lowest BCUT2D eigenvalue weighted by Crippen LogP contribution is -2.45. The van der Waals surface area contributed by atoms with Crippen LogP contribution in [0.1, 0.15) is 47.0 Å². The summed E-state index contributed by atoms with van der Waals surface area (Å²) in [5, 5.41) is 3.76. The molecule has 2 fully saturated rings. The maximum absolute atomic E-state index is 6.12. The quantitative estimate of drug-likeness (QED) is 0.839. The zero-order chi connectivity index (χ0) is 12.5. The summed E-state index contributed by atoms with van der Waals surface area (Å²) in [5.41, 5.74) is 0.0104. The molecule has 1 unspecified atom stereocenters. The normalized spacial score (nSPS) is 32.8. The third-order valence-corrected chi connectivity index (χ3v) is 5.12. The lowest BCUT2D eigenvalue weighted by molar-refractivity contribution is -0.0699. The second kappa shape index (κ2) is 5.10. The van der Waals surface area contributed by atoms with Gasteiger partial charge in [0, 0.05) is 6.04 Å². The zero-order valence-corrected chi connectivity index (χ0v) is 12.5. The van der Waals surface area contributed by atoms with Gasteiger partial charge in [0.1, 0.15) is 0 Å². The van der Waals surface area contributed by atoms with Crippen molar-refractivity contribution in [1.29, 1.82) is 0 Å². The molecule has 100 valence electrons. The van der Waals surface area contributed by atoms with E-state index in [1.54, 1.807) is 0 Å². The highest BCUT2D eigenvalue weighted by Gasteiger charge is 2.45. The molecular weight excluding hydrogens is 230 g/mol. The fourth-order valence-electron chi connectivity index (χ4n) is 3.14. The van der Waals surface area contributed by atoms with Gasteiger partial charge in [-0.15, -0.1) is 0 Å². The smallest absolute Gasteiger partial charge is 0.0787 e. The minimum Gasteiger partial charge on any atom is -0.368 e. The first-order valence-electron chi connectivity index (χ1n) is 6.90. The number of nitrogens with one attached hydrogen (secondary N) is 1. The van der Waals surface area contributed by atoms with Crippen LogP contribution in [0, 0.1) is 5.92 Å². The topological polar surface area (TPSA) is 21.3 Å². The van der Waals surface area contributed by atoms with E-state index in [2.05, 4.69) is 44.8 Å². The van der Waals surface area contributed by atoms with Crippen molar-refractivity contribution in [3.05, 3.63) is 0 Å². The molecule has 0 aromatic carbocycles. The summed E-state index contributed by atoms with van der Waals surface area (Å²) in [6.07, 6.45) is 3.89. The second-order valence-corrected chi connectivity index (χ2v) is 7.91. The van der Waals surface area contributed by atoms with Crippen LogP contribution < -0.4 is 5.32 Å². The Kier molecular flexibility index (Phi) is 4.11.